The van der Waals surface area contributed by atoms with Crippen LogP contribution in [0.1, 0.15) is 58.3 Å². The number of morpholine rings is 1. The van der Waals surface area contributed by atoms with E-state index in [1.807, 2.05) is 0 Å². The lowest BCUT2D eigenvalue weighted by Crippen LogP contribution is -2.53. The summed E-state index contributed by atoms with van der Waals surface area (Å²) in [6, 6.07) is 0. The fourth-order valence-corrected chi connectivity index (χ4v) is 3.14. The van der Waals surface area contributed by atoms with Gasteiger partial charge in [0.2, 0.25) is 0 Å². The standard InChI is InChI=1S/C16H27NO/c1-2-3-4-6-9-16(10-7-5-8-11-16)17-12-14-18-15-13-17/h2-5,7-8,10-15H2,1H3. The number of ether oxygens (including phenoxy) is 1. The second-order valence-electron chi connectivity index (χ2n) is 5.60. The maximum absolute atomic E-state index is 5.49. The van der Waals surface area contributed by atoms with Crippen molar-refractivity contribution in [2.75, 3.05) is 26.3 Å². The molecule has 2 nitrogen and oxygen atoms in total. The van der Waals surface area contributed by atoms with Gasteiger partial charge >= 0.3 is 0 Å². The molecule has 102 valence electrons. The van der Waals surface area contributed by atoms with Crippen LogP contribution < -0.4 is 0 Å². The monoisotopic (exact) mass is 249 g/mol. The summed E-state index contributed by atoms with van der Waals surface area (Å²) in [7, 11) is 0. The number of hydrogen-bond acceptors (Lipinski definition) is 2. The fraction of sp³-hybridized carbons (Fsp3) is 0.875. The minimum Gasteiger partial charge on any atom is -0.379 e. The molecule has 1 aliphatic heterocycles. The molecule has 0 bridgehead atoms. The van der Waals surface area contributed by atoms with Gasteiger partial charge in [-0.15, -0.1) is 5.92 Å². The Morgan fingerprint density at radius 1 is 1.11 bits per heavy atom. The maximum Gasteiger partial charge on any atom is 0.0827 e. The summed E-state index contributed by atoms with van der Waals surface area (Å²) in [5.41, 5.74) is 0.190. The Morgan fingerprint density at radius 2 is 1.83 bits per heavy atom. The smallest absolute Gasteiger partial charge is 0.0827 e. The van der Waals surface area contributed by atoms with Crippen LogP contribution in [0.3, 0.4) is 0 Å². The van der Waals surface area contributed by atoms with Crippen molar-refractivity contribution >= 4 is 0 Å². The molecule has 1 saturated heterocycles. The second-order valence-corrected chi connectivity index (χ2v) is 5.60. The van der Waals surface area contributed by atoms with Gasteiger partial charge in [-0.05, 0) is 19.3 Å². The predicted molar refractivity (Wildman–Crippen MR) is 75.5 cm³/mol. The molecule has 0 unspecified atom stereocenters. The lowest BCUT2D eigenvalue weighted by molar-refractivity contribution is -0.0142. The highest BCUT2D eigenvalue weighted by molar-refractivity contribution is 5.19. The molecule has 1 heterocycles. The molecule has 2 fully saturated rings. The van der Waals surface area contributed by atoms with E-state index in [4.69, 9.17) is 4.74 Å². The third-order valence-corrected chi connectivity index (χ3v) is 4.27. The zero-order valence-corrected chi connectivity index (χ0v) is 11.8. The van der Waals surface area contributed by atoms with Crippen LogP contribution >= 0.6 is 0 Å². The Morgan fingerprint density at radius 3 is 2.50 bits per heavy atom. The van der Waals surface area contributed by atoms with Crippen LogP contribution in [0.25, 0.3) is 0 Å². The van der Waals surface area contributed by atoms with Gasteiger partial charge in [-0.25, -0.2) is 0 Å². The molecule has 0 N–H and O–H groups in total. The highest BCUT2D eigenvalue weighted by Crippen LogP contribution is 2.33. The molecule has 18 heavy (non-hydrogen) atoms. The van der Waals surface area contributed by atoms with Gasteiger partial charge in [-0.1, -0.05) is 38.5 Å². The first-order valence-electron chi connectivity index (χ1n) is 7.70. The van der Waals surface area contributed by atoms with Crippen LogP contribution in [0.15, 0.2) is 0 Å². The predicted octanol–water partition coefficient (Wildman–Crippen LogP) is 3.22. The van der Waals surface area contributed by atoms with Gasteiger partial charge in [-0.3, -0.25) is 4.90 Å². The number of nitrogens with zero attached hydrogens (tertiary/aromatic N) is 1. The van der Waals surface area contributed by atoms with Crippen molar-refractivity contribution in [1.29, 1.82) is 0 Å². The fourth-order valence-electron chi connectivity index (χ4n) is 3.14. The Bertz CT molecular complexity index is 290. The quantitative estimate of drug-likeness (QED) is 0.562. The first kappa shape index (κ1) is 13.9. The third kappa shape index (κ3) is 3.49. The summed E-state index contributed by atoms with van der Waals surface area (Å²) in [5.74, 6) is 7.12. The number of rotatable bonds is 3. The number of unbranched alkanes of at least 4 members (excludes halogenated alkanes) is 2. The second kappa shape index (κ2) is 7.16. The molecule has 0 atom stereocenters. The summed E-state index contributed by atoms with van der Waals surface area (Å²) in [6.07, 6.45) is 10.2. The normalized spacial score (nSPS) is 24.3. The van der Waals surface area contributed by atoms with Gasteiger partial charge in [0.25, 0.3) is 0 Å². The van der Waals surface area contributed by atoms with E-state index >= 15 is 0 Å². The van der Waals surface area contributed by atoms with Crippen molar-refractivity contribution in [3.8, 4) is 11.8 Å². The Kier molecular flexibility index (Phi) is 5.53. The third-order valence-electron chi connectivity index (χ3n) is 4.27. The summed E-state index contributed by atoms with van der Waals surface area (Å²) < 4.78 is 5.49. The largest absolute Gasteiger partial charge is 0.379 e. The van der Waals surface area contributed by atoms with Crippen LogP contribution in [-0.4, -0.2) is 36.7 Å². The van der Waals surface area contributed by atoms with Gasteiger partial charge in [0.1, 0.15) is 0 Å². The molecule has 1 saturated carbocycles. The summed E-state index contributed by atoms with van der Waals surface area (Å²) in [4.78, 5) is 2.61. The van der Waals surface area contributed by atoms with Crippen LogP contribution in [0.5, 0.6) is 0 Å². The highest BCUT2D eigenvalue weighted by Gasteiger charge is 2.36. The molecule has 2 heteroatoms. The lowest BCUT2D eigenvalue weighted by Gasteiger charge is -2.44. The van der Waals surface area contributed by atoms with Crippen molar-refractivity contribution in [3.63, 3.8) is 0 Å². The van der Waals surface area contributed by atoms with Gasteiger partial charge in [0.05, 0.1) is 18.8 Å². The maximum atomic E-state index is 5.49. The van der Waals surface area contributed by atoms with E-state index in [9.17, 15) is 0 Å². The first-order valence-corrected chi connectivity index (χ1v) is 7.70. The summed E-state index contributed by atoms with van der Waals surface area (Å²) in [5, 5.41) is 0. The van der Waals surface area contributed by atoms with Crippen molar-refractivity contribution in [2.45, 2.75) is 63.8 Å². The number of hydrogen-bond donors (Lipinski definition) is 0. The first-order chi connectivity index (χ1) is 8.87. The molecule has 2 rings (SSSR count). The van der Waals surface area contributed by atoms with E-state index in [0.717, 1.165) is 32.7 Å². The zero-order chi connectivity index (χ0) is 12.7. The lowest BCUT2D eigenvalue weighted by atomic mass is 9.80. The van der Waals surface area contributed by atoms with Crippen LogP contribution in [0.4, 0.5) is 0 Å². The molecule has 0 radical (unpaired) electrons. The molecule has 0 amide bonds. The van der Waals surface area contributed by atoms with Gasteiger partial charge in [0, 0.05) is 19.5 Å². The van der Waals surface area contributed by atoms with E-state index in [-0.39, 0.29) is 5.54 Å². The van der Waals surface area contributed by atoms with Crippen LogP contribution in [0.2, 0.25) is 0 Å². The Hall–Kier alpha value is -0.520. The van der Waals surface area contributed by atoms with Crippen LogP contribution in [0, 0.1) is 11.8 Å². The minimum atomic E-state index is 0.190. The van der Waals surface area contributed by atoms with E-state index in [1.54, 1.807) is 0 Å². The molecule has 1 aliphatic carbocycles. The van der Waals surface area contributed by atoms with Gasteiger partial charge < -0.3 is 4.74 Å². The van der Waals surface area contributed by atoms with Gasteiger partial charge in [-0.2, -0.15) is 0 Å². The molecular weight excluding hydrogens is 222 g/mol. The van der Waals surface area contributed by atoms with Crippen molar-refractivity contribution in [1.82, 2.24) is 4.90 Å². The van der Waals surface area contributed by atoms with Crippen LogP contribution in [-0.2, 0) is 4.74 Å². The molecule has 0 spiro atoms. The van der Waals surface area contributed by atoms with E-state index < -0.39 is 0 Å². The molecule has 0 aromatic carbocycles. The van der Waals surface area contributed by atoms with Crippen molar-refractivity contribution in [3.05, 3.63) is 0 Å². The SMILES string of the molecule is CCCCC#CC1(N2CCOCC2)CCCCC1. The summed E-state index contributed by atoms with van der Waals surface area (Å²) >= 11 is 0. The average Bonchev–Trinajstić information content (AvgIpc) is 2.46. The van der Waals surface area contributed by atoms with E-state index in [2.05, 4.69) is 23.7 Å². The molecule has 0 aromatic rings. The van der Waals surface area contributed by atoms with E-state index in [0.29, 0.717) is 0 Å². The molecule has 0 aromatic heterocycles. The Balaban J connectivity index is 2.03. The molecular formula is C16H27NO. The topological polar surface area (TPSA) is 12.5 Å². The average molecular weight is 249 g/mol. The van der Waals surface area contributed by atoms with E-state index in [1.165, 1.54) is 44.9 Å². The van der Waals surface area contributed by atoms with Crippen molar-refractivity contribution < 1.29 is 4.74 Å². The van der Waals surface area contributed by atoms with Crippen molar-refractivity contribution in [2.24, 2.45) is 0 Å². The van der Waals surface area contributed by atoms with Gasteiger partial charge in [0.15, 0.2) is 0 Å². The summed E-state index contributed by atoms with van der Waals surface area (Å²) in [6.45, 7) is 6.15. The molecule has 2 aliphatic rings. The minimum absolute atomic E-state index is 0.190. The highest BCUT2D eigenvalue weighted by atomic mass is 16.5. The Labute approximate surface area is 112 Å². The zero-order valence-electron chi connectivity index (χ0n) is 11.8.